The number of aliphatic carboxylic acids is 1. The molecule has 0 bridgehead atoms. The molecule has 2 heterocycles. The number of amides is 2. The van der Waals surface area contributed by atoms with E-state index in [1.165, 1.54) is 30.0 Å². The highest BCUT2D eigenvalue weighted by Crippen LogP contribution is 2.32. The number of piperazine rings is 1. The molecule has 2 saturated heterocycles. The lowest BCUT2D eigenvalue weighted by atomic mass is 9.97. The summed E-state index contributed by atoms with van der Waals surface area (Å²) in [5.41, 5.74) is -1.11. The minimum Gasteiger partial charge on any atom is -0.480 e. The Morgan fingerprint density at radius 1 is 1.03 bits per heavy atom. The maximum Gasteiger partial charge on any atom is 0.416 e. The molecular formula is C21H27ClF3N3O4. The lowest BCUT2D eigenvalue weighted by molar-refractivity contribution is -0.161. The molecule has 3 rings (SSSR count). The zero-order valence-electron chi connectivity index (χ0n) is 17.7. The van der Waals surface area contributed by atoms with E-state index in [9.17, 15) is 32.7 Å². The maximum absolute atomic E-state index is 13.3. The summed E-state index contributed by atoms with van der Waals surface area (Å²) < 4.78 is 39.9. The van der Waals surface area contributed by atoms with Gasteiger partial charge in [-0.2, -0.15) is 13.2 Å². The summed E-state index contributed by atoms with van der Waals surface area (Å²) in [6.45, 7) is 3.32. The van der Waals surface area contributed by atoms with Gasteiger partial charge in [0.2, 0.25) is 11.8 Å². The van der Waals surface area contributed by atoms with Crippen LogP contribution >= 0.6 is 12.4 Å². The summed E-state index contributed by atoms with van der Waals surface area (Å²) >= 11 is 0. The van der Waals surface area contributed by atoms with Crippen molar-refractivity contribution in [2.24, 2.45) is 0 Å². The van der Waals surface area contributed by atoms with Gasteiger partial charge in [-0.3, -0.25) is 9.59 Å². The Morgan fingerprint density at radius 3 is 2.19 bits per heavy atom. The number of carbonyl (C=O) groups excluding carboxylic acids is 2. The van der Waals surface area contributed by atoms with Gasteiger partial charge in [0.15, 0.2) is 6.04 Å². The third-order valence-electron chi connectivity index (χ3n) is 5.97. The number of benzene rings is 1. The van der Waals surface area contributed by atoms with Crippen LogP contribution in [-0.4, -0.2) is 82.4 Å². The summed E-state index contributed by atoms with van der Waals surface area (Å²) in [6.07, 6.45) is -3.23. The zero-order chi connectivity index (χ0) is 22.8. The monoisotopic (exact) mass is 477 g/mol. The Bertz CT molecular complexity index is 846. The molecule has 2 aliphatic rings. The topological polar surface area (TPSA) is 81.2 Å². The quantitative estimate of drug-likeness (QED) is 0.703. The number of likely N-dealkylation sites (tertiary alicyclic amines) is 1. The molecule has 2 atom stereocenters. The van der Waals surface area contributed by atoms with Crippen molar-refractivity contribution in [3.8, 4) is 0 Å². The Morgan fingerprint density at radius 2 is 1.62 bits per heavy atom. The second-order valence-electron chi connectivity index (χ2n) is 7.99. The molecule has 0 unspecified atom stereocenters. The van der Waals surface area contributed by atoms with Crippen LogP contribution in [-0.2, 0) is 27.0 Å². The normalized spacial score (nSPS) is 21.9. The highest BCUT2D eigenvalue weighted by atomic mass is 35.5. The number of hydrogen-bond acceptors (Lipinski definition) is 4. The lowest BCUT2D eigenvalue weighted by Gasteiger charge is -2.46. The fraction of sp³-hybridized carbons (Fsp3) is 0.571. The van der Waals surface area contributed by atoms with E-state index in [1.54, 1.807) is 0 Å². The van der Waals surface area contributed by atoms with Gasteiger partial charge < -0.3 is 19.8 Å². The van der Waals surface area contributed by atoms with Gasteiger partial charge >= 0.3 is 12.1 Å². The molecule has 32 heavy (non-hydrogen) atoms. The Kier molecular flexibility index (Phi) is 8.53. The van der Waals surface area contributed by atoms with Crippen LogP contribution in [0.15, 0.2) is 24.3 Å². The van der Waals surface area contributed by atoms with E-state index >= 15 is 0 Å². The van der Waals surface area contributed by atoms with Crippen LogP contribution in [0, 0.1) is 0 Å². The second-order valence-corrected chi connectivity index (χ2v) is 7.99. The van der Waals surface area contributed by atoms with Gasteiger partial charge in [0.05, 0.1) is 18.0 Å². The van der Waals surface area contributed by atoms with Crippen molar-refractivity contribution < 1.29 is 32.7 Å². The van der Waals surface area contributed by atoms with Crippen LogP contribution < -0.4 is 0 Å². The lowest BCUT2D eigenvalue weighted by Crippen LogP contribution is -2.67. The largest absolute Gasteiger partial charge is 0.480 e. The van der Waals surface area contributed by atoms with Gasteiger partial charge in [0.25, 0.3) is 0 Å². The van der Waals surface area contributed by atoms with Crippen molar-refractivity contribution in [1.29, 1.82) is 0 Å². The molecule has 2 aliphatic heterocycles. The molecule has 1 N–H and O–H groups in total. The second kappa shape index (κ2) is 10.5. The van der Waals surface area contributed by atoms with Gasteiger partial charge in [-0.15, -0.1) is 12.4 Å². The van der Waals surface area contributed by atoms with Gasteiger partial charge in [-0.05, 0) is 37.6 Å². The van der Waals surface area contributed by atoms with E-state index in [-0.39, 0.29) is 37.0 Å². The molecule has 178 valence electrons. The van der Waals surface area contributed by atoms with E-state index in [0.717, 1.165) is 36.9 Å². The molecular weight excluding hydrogens is 451 g/mol. The Hall–Kier alpha value is -2.33. The Labute approximate surface area is 190 Å². The molecule has 0 radical (unpaired) electrons. The summed E-state index contributed by atoms with van der Waals surface area (Å²) in [4.78, 5) is 42.0. The number of carboxylic acids is 1. The van der Waals surface area contributed by atoms with E-state index < -0.39 is 42.1 Å². The minimum atomic E-state index is -4.62. The van der Waals surface area contributed by atoms with E-state index in [0.29, 0.717) is 6.54 Å². The molecule has 1 aromatic carbocycles. The fourth-order valence-electron chi connectivity index (χ4n) is 4.51. The van der Waals surface area contributed by atoms with Crippen molar-refractivity contribution in [3.05, 3.63) is 35.4 Å². The number of halogens is 4. The standard InChI is InChI=1S/C21H26F3N3O4.ClH/c1-14(28)26-10-11-27(19(20(30)31)17(26)13-25-8-4-5-9-25)18(29)12-15-6-2-3-7-16(15)21(22,23)24;/h2-3,6-7,17,19H,4-5,8-13H2,1H3,(H,30,31);1H/t17-,19+;/m0./s1. The van der Waals surface area contributed by atoms with Crippen LogP contribution in [0.3, 0.4) is 0 Å². The summed E-state index contributed by atoms with van der Waals surface area (Å²) in [7, 11) is 0. The van der Waals surface area contributed by atoms with Crippen LogP contribution in [0.5, 0.6) is 0 Å². The van der Waals surface area contributed by atoms with Crippen LogP contribution in [0.4, 0.5) is 13.2 Å². The van der Waals surface area contributed by atoms with Gasteiger partial charge in [-0.25, -0.2) is 4.79 Å². The molecule has 0 saturated carbocycles. The summed E-state index contributed by atoms with van der Waals surface area (Å²) in [6, 6.07) is 2.71. The SMILES string of the molecule is CC(=O)N1CCN(C(=O)Cc2ccccc2C(F)(F)F)[C@@H](C(=O)O)[C@@H]1CN1CCCC1.Cl. The predicted molar refractivity (Wildman–Crippen MR) is 112 cm³/mol. The number of rotatable bonds is 5. The first-order valence-electron chi connectivity index (χ1n) is 10.3. The molecule has 2 amide bonds. The Balaban J connectivity index is 0.00000363. The zero-order valence-corrected chi connectivity index (χ0v) is 18.5. The van der Waals surface area contributed by atoms with Crippen molar-refractivity contribution in [2.75, 3.05) is 32.7 Å². The highest BCUT2D eigenvalue weighted by Gasteiger charge is 2.45. The molecule has 11 heteroatoms. The first kappa shape index (κ1) is 25.9. The van der Waals surface area contributed by atoms with Crippen LogP contribution in [0.2, 0.25) is 0 Å². The van der Waals surface area contributed by atoms with E-state index in [1.807, 2.05) is 0 Å². The molecule has 0 aliphatic carbocycles. The fourth-order valence-corrected chi connectivity index (χ4v) is 4.51. The van der Waals surface area contributed by atoms with Crippen molar-refractivity contribution in [1.82, 2.24) is 14.7 Å². The number of carboxylic acid groups (broad SMARTS) is 1. The molecule has 1 aromatic rings. The number of carbonyl (C=O) groups is 3. The maximum atomic E-state index is 13.3. The van der Waals surface area contributed by atoms with Gasteiger partial charge in [-0.1, -0.05) is 18.2 Å². The molecule has 0 aromatic heterocycles. The van der Waals surface area contributed by atoms with E-state index in [2.05, 4.69) is 4.90 Å². The van der Waals surface area contributed by atoms with Crippen LogP contribution in [0.1, 0.15) is 30.9 Å². The van der Waals surface area contributed by atoms with Crippen LogP contribution in [0.25, 0.3) is 0 Å². The molecule has 2 fully saturated rings. The number of nitrogens with zero attached hydrogens (tertiary/aromatic N) is 3. The van der Waals surface area contributed by atoms with Crippen molar-refractivity contribution in [3.63, 3.8) is 0 Å². The van der Waals surface area contributed by atoms with Crippen molar-refractivity contribution >= 4 is 30.2 Å². The molecule has 7 nitrogen and oxygen atoms in total. The number of alkyl halides is 3. The van der Waals surface area contributed by atoms with Gasteiger partial charge in [0, 0.05) is 26.6 Å². The summed E-state index contributed by atoms with van der Waals surface area (Å²) in [5.74, 6) is -2.25. The molecule has 0 spiro atoms. The van der Waals surface area contributed by atoms with Crippen molar-refractivity contribution in [2.45, 2.75) is 44.4 Å². The minimum absolute atomic E-state index is 0. The summed E-state index contributed by atoms with van der Waals surface area (Å²) in [5, 5.41) is 9.92. The average molecular weight is 478 g/mol. The number of hydrogen-bond donors (Lipinski definition) is 1. The first-order chi connectivity index (χ1) is 14.6. The predicted octanol–water partition coefficient (Wildman–Crippen LogP) is 2.28. The smallest absolute Gasteiger partial charge is 0.416 e. The third kappa shape index (κ3) is 5.72. The van der Waals surface area contributed by atoms with Gasteiger partial charge in [0.1, 0.15) is 0 Å². The third-order valence-corrected chi connectivity index (χ3v) is 5.97. The first-order valence-corrected chi connectivity index (χ1v) is 10.3. The van der Waals surface area contributed by atoms with E-state index in [4.69, 9.17) is 0 Å². The average Bonchev–Trinajstić information content (AvgIpc) is 3.19. The highest BCUT2D eigenvalue weighted by molar-refractivity contribution is 5.87.